The first-order valence-corrected chi connectivity index (χ1v) is 12.3. The molecule has 6 nitrogen and oxygen atoms in total. The molecule has 0 spiro atoms. The molecule has 0 radical (unpaired) electrons. The summed E-state index contributed by atoms with van der Waals surface area (Å²) in [6, 6.07) is 16.2. The largest absolute Gasteiger partial charge is 0.299 e. The zero-order chi connectivity index (χ0) is 23.7. The summed E-state index contributed by atoms with van der Waals surface area (Å²) in [6.45, 7) is 7.24. The van der Waals surface area contributed by atoms with E-state index in [1.54, 1.807) is 10.9 Å². The van der Waals surface area contributed by atoms with E-state index in [-0.39, 0.29) is 5.56 Å². The molecule has 0 atom stereocenters. The molecule has 6 heteroatoms. The Labute approximate surface area is 199 Å². The predicted molar refractivity (Wildman–Crippen MR) is 139 cm³/mol. The molecule has 3 aromatic heterocycles. The van der Waals surface area contributed by atoms with Crippen molar-refractivity contribution in [1.82, 2.24) is 24.1 Å². The van der Waals surface area contributed by atoms with Gasteiger partial charge in [0.25, 0.3) is 5.56 Å². The van der Waals surface area contributed by atoms with Crippen LogP contribution in [-0.2, 0) is 6.54 Å². The average molecular weight is 454 g/mol. The van der Waals surface area contributed by atoms with E-state index in [9.17, 15) is 4.79 Å². The van der Waals surface area contributed by atoms with Crippen LogP contribution in [0.15, 0.2) is 59.7 Å². The SMILES string of the molecule is CCCCCCCn1cnc2c(c1=O)c1nc3ccccc3nc1n2-c1ccc(C(C)C)cc1. The number of benzene rings is 2. The van der Waals surface area contributed by atoms with Crippen molar-refractivity contribution >= 4 is 33.2 Å². The predicted octanol–water partition coefficient (Wildman–Crippen LogP) is 6.38. The van der Waals surface area contributed by atoms with Crippen LogP contribution in [0.3, 0.4) is 0 Å². The number of fused-ring (bicyclic) bond motifs is 4. The zero-order valence-electron chi connectivity index (χ0n) is 20.2. The summed E-state index contributed by atoms with van der Waals surface area (Å²) in [5.74, 6) is 0.443. The second-order valence-electron chi connectivity index (χ2n) is 9.32. The van der Waals surface area contributed by atoms with Crippen molar-refractivity contribution in [1.29, 1.82) is 0 Å². The summed E-state index contributed by atoms with van der Waals surface area (Å²) in [5.41, 5.74) is 5.60. The number of aryl methyl sites for hydroxylation is 1. The second-order valence-corrected chi connectivity index (χ2v) is 9.32. The number of unbranched alkanes of at least 4 members (excludes halogenated alkanes) is 4. The lowest BCUT2D eigenvalue weighted by Crippen LogP contribution is -2.20. The van der Waals surface area contributed by atoms with Crippen molar-refractivity contribution in [2.75, 3.05) is 0 Å². The first-order valence-electron chi connectivity index (χ1n) is 12.3. The van der Waals surface area contributed by atoms with E-state index >= 15 is 0 Å². The molecule has 0 bridgehead atoms. The van der Waals surface area contributed by atoms with E-state index in [2.05, 4.69) is 45.0 Å². The fourth-order valence-corrected chi connectivity index (χ4v) is 4.57. The number of hydrogen-bond acceptors (Lipinski definition) is 4. The van der Waals surface area contributed by atoms with Gasteiger partial charge in [0, 0.05) is 12.2 Å². The lowest BCUT2D eigenvalue weighted by atomic mass is 10.0. The molecule has 34 heavy (non-hydrogen) atoms. The van der Waals surface area contributed by atoms with Crippen LogP contribution >= 0.6 is 0 Å². The van der Waals surface area contributed by atoms with Crippen molar-refractivity contribution < 1.29 is 0 Å². The van der Waals surface area contributed by atoms with Crippen LogP contribution in [-0.4, -0.2) is 24.1 Å². The van der Waals surface area contributed by atoms with E-state index in [0.29, 0.717) is 34.7 Å². The highest BCUT2D eigenvalue weighted by molar-refractivity contribution is 6.05. The van der Waals surface area contributed by atoms with Crippen LogP contribution in [0.25, 0.3) is 38.9 Å². The standard InChI is InChI=1S/C28H31N5O/c1-4-5-6-7-10-17-32-18-29-26-24(28(32)34)25-27(31-23-12-9-8-11-22(23)30-25)33(26)21-15-13-20(14-16-21)19(2)3/h8-9,11-16,18-19H,4-7,10,17H2,1-3H3. The van der Waals surface area contributed by atoms with Gasteiger partial charge in [0.05, 0.1) is 17.4 Å². The highest BCUT2D eigenvalue weighted by Crippen LogP contribution is 2.29. The van der Waals surface area contributed by atoms with E-state index < -0.39 is 0 Å². The van der Waals surface area contributed by atoms with E-state index in [1.165, 1.54) is 24.8 Å². The topological polar surface area (TPSA) is 65.6 Å². The molecule has 174 valence electrons. The van der Waals surface area contributed by atoms with Gasteiger partial charge in [-0.3, -0.25) is 13.9 Å². The fraction of sp³-hybridized carbons (Fsp3) is 0.357. The molecular weight excluding hydrogens is 422 g/mol. The third kappa shape index (κ3) is 3.98. The summed E-state index contributed by atoms with van der Waals surface area (Å²) < 4.78 is 3.71. The van der Waals surface area contributed by atoms with Gasteiger partial charge >= 0.3 is 0 Å². The van der Waals surface area contributed by atoms with Crippen LogP contribution in [0.1, 0.15) is 64.4 Å². The molecule has 0 aliphatic carbocycles. The molecule has 0 aliphatic rings. The van der Waals surface area contributed by atoms with Crippen LogP contribution < -0.4 is 5.56 Å². The van der Waals surface area contributed by atoms with Gasteiger partial charge < -0.3 is 0 Å². The molecule has 0 amide bonds. The fourth-order valence-electron chi connectivity index (χ4n) is 4.57. The molecule has 5 aromatic rings. The number of aromatic nitrogens is 5. The first kappa shape index (κ1) is 22.3. The van der Waals surface area contributed by atoms with E-state index in [0.717, 1.165) is 29.6 Å². The number of nitrogens with zero attached hydrogens (tertiary/aromatic N) is 5. The van der Waals surface area contributed by atoms with Gasteiger partial charge in [-0.1, -0.05) is 70.7 Å². The average Bonchev–Trinajstić information content (AvgIpc) is 3.17. The highest BCUT2D eigenvalue weighted by atomic mass is 16.1. The van der Waals surface area contributed by atoms with E-state index in [4.69, 9.17) is 15.0 Å². The van der Waals surface area contributed by atoms with E-state index in [1.807, 2.05) is 28.8 Å². The summed E-state index contributed by atoms with van der Waals surface area (Å²) in [7, 11) is 0. The van der Waals surface area contributed by atoms with Gasteiger partial charge in [-0.15, -0.1) is 0 Å². The zero-order valence-corrected chi connectivity index (χ0v) is 20.2. The van der Waals surface area contributed by atoms with Crippen LogP contribution in [0.4, 0.5) is 0 Å². The van der Waals surface area contributed by atoms with Crippen LogP contribution in [0.2, 0.25) is 0 Å². The van der Waals surface area contributed by atoms with Crippen molar-refractivity contribution in [3.05, 3.63) is 70.8 Å². The summed E-state index contributed by atoms with van der Waals surface area (Å²) in [6.07, 6.45) is 7.41. The van der Waals surface area contributed by atoms with Crippen molar-refractivity contribution in [2.45, 2.75) is 65.3 Å². The Bertz CT molecular complexity index is 1510. The Balaban J connectivity index is 1.70. The maximum absolute atomic E-state index is 13.6. The molecule has 0 unspecified atom stereocenters. The van der Waals surface area contributed by atoms with Gasteiger partial charge in [-0.25, -0.2) is 15.0 Å². The Hall–Kier alpha value is -3.54. The smallest absolute Gasteiger partial charge is 0.265 e. The Kier molecular flexibility index (Phi) is 6.14. The van der Waals surface area contributed by atoms with Crippen LogP contribution in [0.5, 0.6) is 0 Å². The normalized spacial score (nSPS) is 11.9. The van der Waals surface area contributed by atoms with Crippen molar-refractivity contribution in [2.24, 2.45) is 0 Å². The molecular formula is C28H31N5O. The monoisotopic (exact) mass is 453 g/mol. The molecule has 2 aromatic carbocycles. The number of hydrogen-bond donors (Lipinski definition) is 0. The van der Waals surface area contributed by atoms with Crippen molar-refractivity contribution in [3.8, 4) is 5.69 Å². The maximum Gasteiger partial charge on any atom is 0.265 e. The van der Waals surface area contributed by atoms with Gasteiger partial charge in [-0.05, 0) is 42.2 Å². The third-order valence-electron chi connectivity index (χ3n) is 6.55. The third-order valence-corrected chi connectivity index (χ3v) is 6.55. The minimum atomic E-state index is -0.0485. The molecule has 0 fully saturated rings. The van der Waals surface area contributed by atoms with Crippen molar-refractivity contribution in [3.63, 3.8) is 0 Å². The molecule has 0 aliphatic heterocycles. The molecule has 5 rings (SSSR count). The molecule has 3 heterocycles. The molecule has 0 N–H and O–H groups in total. The summed E-state index contributed by atoms with van der Waals surface area (Å²) in [5, 5.41) is 0.539. The van der Waals surface area contributed by atoms with Gasteiger partial charge in [0.1, 0.15) is 10.9 Å². The second kappa shape index (κ2) is 9.37. The maximum atomic E-state index is 13.6. The quantitative estimate of drug-likeness (QED) is 0.256. The van der Waals surface area contributed by atoms with Gasteiger partial charge in [0.2, 0.25) is 0 Å². The lowest BCUT2D eigenvalue weighted by molar-refractivity contribution is 0.556. The first-order chi connectivity index (χ1) is 16.6. The Morgan fingerprint density at radius 2 is 1.56 bits per heavy atom. The van der Waals surface area contributed by atoms with Gasteiger partial charge in [0.15, 0.2) is 11.3 Å². The van der Waals surface area contributed by atoms with Gasteiger partial charge in [-0.2, -0.15) is 0 Å². The summed E-state index contributed by atoms with van der Waals surface area (Å²) in [4.78, 5) is 28.2. The summed E-state index contributed by atoms with van der Waals surface area (Å²) >= 11 is 0. The number of para-hydroxylation sites is 2. The Morgan fingerprint density at radius 3 is 2.26 bits per heavy atom. The minimum Gasteiger partial charge on any atom is -0.299 e. The Morgan fingerprint density at radius 1 is 0.853 bits per heavy atom. The number of rotatable bonds is 8. The minimum absolute atomic E-state index is 0.0485. The highest BCUT2D eigenvalue weighted by Gasteiger charge is 2.20. The molecule has 0 saturated heterocycles. The van der Waals surface area contributed by atoms with Crippen LogP contribution in [0, 0.1) is 0 Å². The molecule has 0 saturated carbocycles. The lowest BCUT2D eigenvalue weighted by Gasteiger charge is -2.10.